The number of rotatable bonds is 5. The van der Waals surface area contributed by atoms with Gasteiger partial charge in [-0.1, -0.05) is 36.4 Å². The van der Waals surface area contributed by atoms with Crippen LogP contribution in [0.5, 0.6) is 5.75 Å². The first-order chi connectivity index (χ1) is 15.4. The van der Waals surface area contributed by atoms with Crippen LogP contribution in [0.15, 0.2) is 83.5 Å². The highest BCUT2D eigenvalue weighted by atomic mass is 16.6. The third kappa shape index (κ3) is 4.44. The number of esters is 1. The summed E-state index contributed by atoms with van der Waals surface area (Å²) in [7, 11) is 0. The lowest BCUT2D eigenvalue weighted by Crippen LogP contribution is -2.08. The van der Waals surface area contributed by atoms with Crippen LogP contribution in [0.25, 0.3) is 6.08 Å². The Morgan fingerprint density at radius 1 is 1.06 bits per heavy atom. The van der Waals surface area contributed by atoms with E-state index < -0.39 is 16.8 Å². The highest BCUT2D eigenvalue weighted by Gasteiger charge is 2.25. The highest BCUT2D eigenvalue weighted by molar-refractivity contribution is 6.14. The van der Waals surface area contributed by atoms with Gasteiger partial charge in [-0.2, -0.15) is 4.99 Å². The minimum Gasteiger partial charge on any atom is -0.432 e. The van der Waals surface area contributed by atoms with Gasteiger partial charge < -0.3 is 9.47 Å². The molecular formula is C24H16N2O6. The molecule has 0 aromatic heterocycles. The molecule has 8 nitrogen and oxygen atoms in total. The van der Waals surface area contributed by atoms with Crippen LogP contribution in [0, 0.1) is 17.0 Å². The molecule has 0 aliphatic carbocycles. The summed E-state index contributed by atoms with van der Waals surface area (Å²) in [5, 5.41) is 10.9. The monoisotopic (exact) mass is 428 g/mol. The Balaban J connectivity index is 1.51. The van der Waals surface area contributed by atoms with E-state index in [9.17, 15) is 19.7 Å². The van der Waals surface area contributed by atoms with E-state index in [1.54, 1.807) is 24.3 Å². The summed E-state index contributed by atoms with van der Waals surface area (Å²) in [5.41, 5.74) is 2.05. The number of amides is 1. The third-order valence-electron chi connectivity index (χ3n) is 4.66. The molecule has 8 heteroatoms. The normalized spacial score (nSPS) is 14.1. The zero-order chi connectivity index (χ0) is 22.7. The summed E-state index contributed by atoms with van der Waals surface area (Å²) < 4.78 is 11.0. The zero-order valence-corrected chi connectivity index (χ0v) is 16.8. The lowest BCUT2D eigenvalue weighted by molar-refractivity contribution is -0.384. The summed E-state index contributed by atoms with van der Waals surface area (Å²) in [6, 6.07) is 19.2. The second-order valence-corrected chi connectivity index (χ2v) is 6.92. The number of aryl methyl sites for hydroxylation is 1. The van der Waals surface area contributed by atoms with Crippen molar-refractivity contribution >= 4 is 29.5 Å². The molecule has 3 aromatic rings. The SMILES string of the molecule is Cc1ccccc1C1=NC(=O)/C(=C\c2cccc(OC(=O)c3cccc([N+](=O)[O-])c3)c2)O1. The number of nitrogens with zero attached hydrogens (tertiary/aromatic N) is 2. The number of carbonyl (C=O) groups is 2. The summed E-state index contributed by atoms with van der Waals surface area (Å²) in [4.78, 5) is 38.9. The van der Waals surface area contributed by atoms with Gasteiger partial charge in [0.1, 0.15) is 5.75 Å². The van der Waals surface area contributed by atoms with Gasteiger partial charge in [-0.15, -0.1) is 0 Å². The molecule has 3 aromatic carbocycles. The molecule has 0 bridgehead atoms. The van der Waals surface area contributed by atoms with Crippen molar-refractivity contribution in [2.24, 2.45) is 4.99 Å². The third-order valence-corrected chi connectivity index (χ3v) is 4.66. The molecule has 32 heavy (non-hydrogen) atoms. The molecule has 1 aliphatic rings. The topological polar surface area (TPSA) is 108 Å². The number of benzene rings is 3. The molecule has 4 rings (SSSR count). The first-order valence-electron chi connectivity index (χ1n) is 9.56. The van der Waals surface area contributed by atoms with E-state index in [-0.39, 0.29) is 28.7 Å². The van der Waals surface area contributed by atoms with Crippen molar-refractivity contribution in [2.75, 3.05) is 0 Å². The Kier molecular flexibility index (Phi) is 5.59. The summed E-state index contributed by atoms with van der Waals surface area (Å²) >= 11 is 0. The zero-order valence-electron chi connectivity index (χ0n) is 16.8. The molecule has 0 fully saturated rings. The molecule has 1 aliphatic heterocycles. The molecular weight excluding hydrogens is 412 g/mol. The predicted octanol–water partition coefficient (Wildman–Crippen LogP) is 4.47. The summed E-state index contributed by atoms with van der Waals surface area (Å²) in [5.74, 6) is -0.765. The van der Waals surface area contributed by atoms with Crippen molar-refractivity contribution in [3.63, 3.8) is 0 Å². The number of carbonyl (C=O) groups excluding carboxylic acids is 2. The molecule has 1 amide bonds. The number of nitro benzene ring substituents is 1. The average molecular weight is 428 g/mol. The molecule has 1 heterocycles. The lowest BCUT2D eigenvalue weighted by atomic mass is 10.1. The lowest BCUT2D eigenvalue weighted by Gasteiger charge is -2.06. The van der Waals surface area contributed by atoms with Gasteiger partial charge in [-0.3, -0.25) is 14.9 Å². The molecule has 0 radical (unpaired) electrons. The number of non-ortho nitro benzene ring substituents is 1. The van der Waals surface area contributed by atoms with E-state index in [1.165, 1.54) is 24.3 Å². The molecule has 158 valence electrons. The van der Waals surface area contributed by atoms with Crippen LogP contribution in [0.4, 0.5) is 5.69 Å². The Hall–Kier alpha value is -4.59. The van der Waals surface area contributed by atoms with Gasteiger partial charge >= 0.3 is 11.9 Å². The fourth-order valence-electron chi connectivity index (χ4n) is 3.07. The van der Waals surface area contributed by atoms with E-state index in [0.29, 0.717) is 5.56 Å². The van der Waals surface area contributed by atoms with Gasteiger partial charge in [-0.25, -0.2) is 4.79 Å². The second kappa shape index (κ2) is 8.65. The minimum atomic E-state index is -0.739. The van der Waals surface area contributed by atoms with Gasteiger partial charge in [0.05, 0.1) is 10.5 Å². The minimum absolute atomic E-state index is 0.0467. The maximum atomic E-state index is 12.4. The highest BCUT2D eigenvalue weighted by Crippen LogP contribution is 2.23. The van der Waals surface area contributed by atoms with Gasteiger partial charge in [-0.05, 0) is 48.4 Å². The van der Waals surface area contributed by atoms with Crippen LogP contribution in [-0.2, 0) is 9.53 Å². The van der Waals surface area contributed by atoms with E-state index in [1.807, 2.05) is 31.2 Å². The summed E-state index contributed by atoms with van der Waals surface area (Å²) in [6.45, 7) is 1.90. The van der Waals surface area contributed by atoms with E-state index in [2.05, 4.69) is 4.99 Å². The van der Waals surface area contributed by atoms with Gasteiger partial charge in [0.25, 0.3) is 5.69 Å². The van der Waals surface area contributed by atoms with Crippen LogP contribution in [0.2, 0.25) is 0 Å². The van der Waals surface area contributed by atoms with Crippen molar-refractivity contribution in [1.29, 1.82) is 0 Å². The number of ether oxygens (including phenoxy) is 2. The van der Waals surface area contributed by atoms with Crippen LogP contribution >= 0.6 is 0 Å². The number of aliphatic imine (C=N–C) groups is 1. The van der Waals surface area contributed by atoms with Gasteiger partial charge in [0.2, 0.25) is 5.90 Å². The Labute approximate surface area is 182 Å². The molecule has 0 saturated heterocycles. The number of nitro groups is 1. The predicted molar refractivity (Wildman–Crippen MR) is 116 cm³/mol. The standard InChI is InChI=1S/C24H16N2O6/c1-15-6-2-3-11-20(15)23-25-22(27)21(32-23)13-16-7-4-10-19(12-16)31-24(28)17-8-5-9-18(14-17)26(29)30/h2-14H,1H3/b21-13+. The fraction of sp³-hybridized carbons (Fsp3) is 0.0417. The van der Waals surface area contributed by atoms with Gasteiger partial charge in [0, 0.05) is 17.7 Å². The maximum absolute atomic E-state index is 12.4. The van der Waals surface area contributed by atoms with Crippen LogP contribution in [0.1, 0.15) is 27.0 Å². The van der Waals surface area contributed by atoms with Crippen molar-refractivity contribution in [3.05, 3.63) is 111 Å². The van der Waals surface area contributed by atoms with Gasteiger partial charge in [0.15, 0.2) is 5.76 Å². The Morgan fingerprint density at radius 3 is 2.62 bits per heavy atom. The van der Waals surface area contributed by atoms with Crippen LogP contribution in [0.3, 0.4) is 0 Å². The quantitative estimate of drug-likeness (QED) is 0.195. The smallest absolute Gasteiger partial charge is 0.343 e. The molecule has 0 spiro atoms. The fourth-order valence-corrected chi connectivity index (χ4v) is 3.07. The molecule has 0 unspecified atom stereocenters. The maximum Gasteiger partial charge on any atom is 0.343 e. The van der Waals surface area contributed by atoms with Crippen molar-refractivity contribution in [2.45, 2.75) is 6.92 Å². The molecule has 0 N–H and O–H groups in total. The van der Waals surface area contributed by atoms with Crippen LogP contribution in [-0.4, -0.2) is 22.7 Å². The van der Waals surface area contributed by atoms with Crippen molar-refractivity contribution in [1.82, 2.24) is 0 Å². The van der Waals surface area contributed by atoms with Crippen molar-refractivity contribution < 1.29 is 24.0 Å². The number of hydrogen-bond donors (Lipinski definition) is 0. The first-order valence-corrected chi connectivity index (χ1v) is 9.56. The Bertz CT molecular complexity index is 1310. The molecule has 0 atom stereocenters. The number of hydrogen-bond acceptors (Lipinski definition) is 6. The largest absolute Gasteiger partial charge is 0.432 e. The van der Waals surface area contributed by atoms with E-state index in [4.69, 9.17) is 9.47 Å². The summed E-state index contributed by atoms with van der Waals surface area (Å²) in [6.07, 6.45) is 1.50. The van der Waals surface area contributed by atoms with E-state index in [0.717, 1.165) is 17.2 Å². The second-order valence-electron chi connectivity index (χ2n) is 6.92. The van der Waals surface area contributed by atoms with Crippen molar-refractivity contribution in [3.8, 4) is 5.75 Å². The molecule has 0 saturated carbocycles. The Morgan fingerprint density at radius 2 is 1.84 bits per heavy atom. The first kappa shape index (κ1) is 20.7. The average Bonchev–Trinajstić information content (AvgIpc) is 3.14. The van der Waals surface area contributed by atoms with Crippen LogP contribution < -0.4 is 4.74 Å². The van der Waals surface area contributed by atoms with E-state index >= 15 is 0 Å².